The molecule has 0 spiro atoms. The van der Waals surface area contributed by atoms with Crippen LogP contribution in [0.1, 0.15) is 25.1 Å². The number of phosphoric ester groups is 1. The van der Waals surface area contributed by atoms with Crippen molar-refractivity contribution in [2.45, 2.75) is 44.4 Å². The van der Waals surface area contributed by atoms with E-state index in [0.717, 1.165) is 0 Å². The summed E-state index contributed by atoms with van der Waals surface area (Å²) >= 11 is 0. The van der Waals surface area contributed by atoms with E-state index in [2.05, 4.69) is 24.3 Å². The summed E-state index contributed by atoms with van der Waals surface area (Å²) in [6.45, 7) is 0.387. The van der Waals surface area contributed by atoms with Crippen LogP contribution >= 0.6 is 23.4 Å². The second-order valence-corrected chi connectivity index (χ2v) is 15.2. The predicted molar refractivity (Wildman–Crippen MR) is 166 cm³/mol. The molecule has 19 nitrogen and oxygen atoms in total. The van der Waals surface area contributed by atoms with Crippen LogP contribution < -0.4 is 15.3 Å². The molecule has 48 heavy (non-hydrogen) atoms. The minimum atomic E-state index is -5.75. The van der Waals surface area contributed by atoms with Crippen molar-refractivity contribution in [2.75, 3.05) is 12.3 Å². The number of nitrogens with zero attached hydrogens (tertiary/aromatic N) is 4. The number of nitrogen functional groups attached to an aromatic ring is 1. The SMILES string of the molecule is C[C@H](NP(=O)(Oc1ccccc1)OP(=O)(O)OP(=O)(O)OC[C@@H]1C[C@@H](O)[C@H](n2cnc3c(N)ncnc32)O1)C(=O)OCc1ccccc1. The Balaban J connectivity index is 1.21. The molecule has 1 aliphatic rings. The summed E-state index contributed by atoms with van der Waals surface area (Å²) in [6, 6.07) is 14.5. The summed E-state index contributed by atoms with van der Waals surface area (Å²) in [5, 5.41) is 12.7. The van der Waals surface area contributed by atoms with E-state index in [1.807, 2.05) is 0 Å². The van der Waals surface area contributed by atoms with Gasteiger partial charge in [0.2, 0.25) is 0 Å². The summed E-state index contributed by atoms with van der Waals surface area (Å²) in [5.41, 5.74) is 6.98. The van der Waals surface area contributed by atoms with Gasteiger partial charge in [0.1, 0.15) is 36.3 Å². The zero-order valence-corrected chi connectivity index (χ0v) is 27.7. The van der Waals surface area contributed by atoms with Gasteiger partial charge in [-0.2, -0.15) is 13.7 Å². The molecule has 1 saturated heterocycles. The van der Waals surface area contributed by atoms with Gasteiger partial charge in [0.15, 0.2) is 17.7 Å². The lowest BCUT2D eigenvalue weighted by atomic mass is 10.2. The van der Waals surface area contributed by atoms with E-state index in [-0.39, 0.29) is 35.8 Å². The van der Waals surface area contributed by atoms with E-state index in [9.17, 15) is 33.4 Å². The van der Waals surface area contributed by atoms with Crippen molar-refractivity contribution < 1.29 is 60.5 Å². The molecule has 22 heteroatoms. The number of hydrogen-bond donors (Lipinski definition) is 5. The molecule has 0 amide bonds. The number of rotatable bonds is 15. The highest BCUT2D eigenvalue weighted by atomic mass is 31.3. The lowest BCUT2D eigenvalue weighted by Crippen LogP contribution is -2.34. The Morgan fingerprint density at radius 1 is 1.04 bits per heavy atom. The van der Waals surface area contributed by atoms with Gasteiger partial charge in [0.05, 0.1) is 19.0 Å². The molecule has 3 heterocycles. The number of carbonyl (C=O) groups is 1. The fraction of sp³-hybridized carbons (Fsp3) is 0.308. The van der Waals surface area contributed by atoms with E-state index >= 15 is 0 Å². The lowest BCUT2D eigenvalue weighted by molar-refractivity contribution is -0.146. The normalized spacial score (nSPS) is 22.3. The number of esters is 1. The van der Waals surface area contributed by atoms with E-state index < -0.39 is 60.4 Å². The van der Waals surface area contributed by atoms with E-state index in [4.69, 9.17) is 28.6 Å². The van der Waals surface area contributed by atoms with Crippen LogP contribution in [-0.2, 0) is 47.7 Å². The van der Waals surface area contributed by atoms with Crippen LogP contribution in [0.15, 0.2) is 73.3 Å². The third-order valence-corrected chi connectivity index (χ3v) is 11.5. The van der Waals surface area contributed by atoms with Gasteiger partial charge in [0.25, 0.3) is 0 Å². The number of imidazole rings is 1. The molecule has 0 bridgehead atoms. The van der Waals surface area contributed by atoms with Crippen LogP contribution in [0.4, 0.5) is 5.82 Å². The van der Waals surface area contributed by atoms with Gasteiger partial charge in [-0.25, -0.2) is 28.6 Å². The van der Waals surface area contributed by atoms with Crippen LogP contribution in [0.2, 0.25) is 0 Å². The molecule has 7 atom stereocenters. The standard InChI is InChI=1S/C26H31N6O13P3/c1-17(26(34)40-13-18-8-4-2-5-9-18)31-46(35,43-19-10-6-3-7-11-19)44-48(38,39)45-47(36,37)41-14-20-12-21(33)25(42-20)32-16-30-22-23(27)28-15-29-24(22)32/h2-11,15-17,20-21,25,33H,12-14H2,1H3,(H,31,35)(H,36,37)(H,38,39)(H2,27,28,29)/t17-,20-,21+,25+,46?/m0/s1. The van der Waals surface area contributed by atoms with Crippen molar-refractivity contribution in [3.05, 3.63) is 78.9 Å². The molecule has 1 aliphatic heterocycles. The van der Waals surface area contributed by atoms with Crippen molar-refractivity contribution in [3.8, 4) is 5.75 Å². The maximum absolute atomic E-state index is 13.7. The molecule has 6 N–H and O–H groups in total. The summed E-state index contributed by atoms with van der Waals surface area (Å²) in [6.07, 6.45) is -0.782. The Morgan fingerprint density at radius 2 is 1.73 bits per heavy atom. The van der Waals surface area contributed by atoms with Crippen LogP contribution in [-0.4, -0.2) is 65.2 Å². The maximum atomic E-state index is 13.7. The van der Waals surface area contributed by atoms with Crippen molar-refractivity contribution >= 4 is 46.3 Å². The van der Waals surface area contributed by atoms with Crippen LogP contribution in [0, 0.1) is 0 Å². The van der Waals surface area contributed by atoms with Crippen molar-refractivity contribution in [2.24, 2.45) is 0 Å². The first kappa shape index (κ1) is 35.7. The number of ether oxygens (including phenoxy) is 2. The monoisotopic (exact) mass is 728 g/mol. The number of fused-ring (bicyclic) bond motifs is 1. The van der Waals surface area contributed by atoms with Crippen LogP contribution in [0.3, 0.4) is 0 Å². The lowest BCUT2D eigenvalue weighted by Gasteiger charge is -2.24. The first-order valence-corrected chi connectivity index (χ1v) is 18.6. The Bertz CT molecular complexity index is 1870. The number of aromatic nitrogens is 4. The van der Waals surface area contributed by atoms with E-state index in [1.54, 1.807) is 36.4 Å². The van der Waals surface area contributed by atoms with Crippen molar-refractivity contribution in [3.63, 3.8) is 0 Å². The number of anilines is 1. The molecule has 5 rings (SSSR count). The second kappa shape index (κ2) is 14.9. The molecule has 0 aliphatic carbocycles. The van der Waals surface area contributed by atoms with Crippen molar-refractivity contribution in [1.29, 1.82) is 0 Å². The van der Waals surface area contributed by atoms with Gasteiger partial charge in [-0.15, -0.1) is 0 Å². The van der Waals surface area contributed by atoms with Gasteiger partial charge in [-0.1, -0.05) is 48.5 Å². The number of aliphatic hydroxyl groups excluding tert-OH is 1. The summed E-state index contributed by atoms with van der Waals surface area (Å²) < 4.78 is 70.8. The van der Waals surface area contributed by atoms with Crippen LogP contribution in [0.5, 0.6) is 5.75 Å². The van der Waals surface area contributed by atoms with Gasteiger partial charge in [0, 0.05) is 6.42 Å². The van der Waals surface area contributed by atoms with Crippen LogP contribution in [0.25, 0.3) is 11.2 Å². The molecule has 258 valence electrons. The zero-order valence-electron chi connectivity index (χ0n) is 25.0. The topological polar surface area (TPSA) is 266 Å². The summed E-state index contributed by atoms with van der Waals surface area (Å²) in [7, 11) is -16.2. The third-order valence-electron chi connectivity index (χ3n) is 6.57. The number of benzene rings is 2. The third kappa shape index (κ3) is 9.31. The van der Waals surface area contributed by atoms with E-state index in [0.29, 0.717) is 5.56 Å². The Morgan fingerprint density at radius 3 is 2.44 bits per heavy atom. The number of nitrogens with two attached hydrogens (primary N) is 1. The first-order chi connectivity index (χ1) is 22.7. The fourth-order valence-electron chi connectivity index (χ4n) is 4.46. The highest BCUT2D eigenvalue weighted by molar-refractivity contribution is 7.68. The number of carbonyl (C=O) groups excluding carboxylic acids is 1. The Hall–Kier alpha value is -3.57. The second-order valence-electron chi connectivity index (χ2n) is 10.3. The minimum absolute atomic E-state index is 0.0967. The van der Waals surface area contributed by atoms with Gasteiger partial charge in [-0.05, 0) is 24.6 Å². The average Bonchev–Trinajstić information content (AvgIpc) is 3.62. The van der Waals surface area contributed by atoms with Gasteiger partial charge in [-0.3, -0.25) is 13.9 Å². The molecule has 1 fully saturated rings. The molecule has 3 unspecified atom stereocenters. The van der Waals surface area contributed by atoms with Crippen molar-refractivity contribution in [1.82, 2.24) is 24.6 Å². The number of phosphoric acid groups is 2. The van der Waals surface area contributed by atoms with Gasteiger partial charge >= 0.3 is 29.4 Å². The highest BCUT2D eigenvalue weighted by Crippen LogP contribution is 2.67. The fourth-order valence-corrected chi connectivity index (χ4v) is 8.87. The molecule has 0 saturated carbocycles. The number of para-hydroxylation sites is 1. The largest absolute Gasteiger partial charge is 0.490 e. The molecular weight excluding hydrogens is 697 g/mol. The summed E-state index contributed by atoms with van der Waals surface area (Å²) in [4.78, 5) is 45.3. The maximum Gasteiger partial charge on any atom is 0.490 e. The molecular formula is C26H31N6O13P3. The molecule has 0 radical (unpaired) electrons. The number of aliphatic hydroxyl groups is 1. The summed E-state index contributed by atoms with van der Waals surface area (Å²) in [5.74, 6) is -0.944. The predicted octanol–water partition coefficient (Wildman–Crippen LogP) is 3.22. The van der Waals surface area contributed by atoms with Gasteiger partial charge < -0.3 is 34.6 Å². The smallest absolute Gasteiger partial charge is 0.460 e. The molecule has 2 aromatic heterocycles. The quantitative estimate of drug-likeness (QED) is 0.0868. The Kier molecular flexibility index (Phi) is 11.1. The zero-order chi connectivity index (χ0) is 34.5. The van der Waals surface area contributed by atoms with E-state index in [1.165, 1.54) is 48.4 Å². The number of nitrogens with one attached hydrogen (secondary N) is 1. The highest BCUT2D eigenvalue weighted by Gasteiger charge is 2.46. The average molecular weight is 728 g/mol. The number of hydrogen-bond acceptors (Lipinski definition) is 15. The first-order valence-electron chi connectivity index (χ1n) is 14.0. The molecule has 2 aromatic carbocycles. The molecule has 4 aromatic rings. The minimum Gasteiger partial charge on any atom is -0.460 e. The Labute approximate surface area is 272 Å².